The predicted octanol–water partition coefficient (Wildman–Crippen LogP) is 2.56. The predicted molar refractivity (Wildman–Crippen MR) is 66.7 cm³/mol. The molecule has 1 saturated heterocycles. The molecule has 0 aromatic heterocycles. The van der Waals surface area contributed by atoms with Crippen LogP contribution in [0.25, 0.3) is 0 Å². The van der Waals surface area contributed by atoms with Crippen LogP contribution >= 0.6 is 15.9 Å². The summed E-state index contributed by atoms with van der Waals surface area (Å²) < 4.78 is 1.07. The van der Waals surface area contributed by atoms with Gasteiger partial charge in [-0.25, -0.2) is 0 Å². The Kier molecular flexibility index (Phi) is 2.60. The lowest BCUT2D eigenvalue weighted by Crippen LogP contribution is -2.33. The first-order valence-electron chi connectivity index (χ1n) is 5.82. The SMILES string of the molecule is O=C1c2ccc(Br)cc2CC1C1CCCN1. The van der Waals surface area contributed by atoms with Gasteiger partial charge in [0.25, 0.3) is 0 Å². The first kappa shape index (κ1) is 10.5. The molecule has 1 heterocycles. The van der Waals surface area contributed by atoms with Crippen LogP contribution in [0.4, 0.5) is 0 Å². The van der Waals surface area contributed by atoms with Crippen LogP contribution in [-0.2, 0) is 6.42 Å². The number of carbonyl (C=O) groups is 1. The van der Waals surface area contributed by atoms with Gasteiger partial charge in [-0.15, -0.1) is 0 Å². The van der Waals surface area contributed by atoms with Gasteiger partial charge in [0.15, 0.2) is 5.78 Å². The monoisotopic (exact) mass is 279 g/mol. The van der Waals surface area contributed by atoms with E-state index in [1.165, 1.54) is 12.0 Å². The number of halogens is 1. The van der Waals surface area contributed by atoms with E-state index in [2.05, 4.69) is 27.3 Å². The van der Waals surface area contributed by atoms with Crippen LogP contribution in [-0.4, -0.2) is 18.4 Å². The molecule has 1 fully saturated rings. The fourth-order valence-corrected chi connectivity index (χ4v) is 3.29. The second-order valence-corrected chi connectivity index (χ2v) is 5.59. The van der Waals surface area contributed by atoms with Crippen LogP contribution in [0, 0.1) is 5.92 Å². The zero-order chi connectivity index (χ0) is 11.1. The first-order valence-corrected chi connectivity index (χ1v) is 6.61. The quantitative estimate of drug-likeness (QED) is 0.856. The van der Waals surface area contributed by atoms with E-state index in [-0.39, 0.29) is 5.92 Å². The molecule has 0 amide bonds. The number of hydrogen-bond acceptors (Lipinski definition) is 2. The van der Waals surface area contributed by atoms with Gasteiger partial charge >= 0.3 is 0 Å². The van der Waals surface area contributed by atoms with E-state index in [0.29, 0.717) is 11.8 Å². The third-order valence-electron chi connectivity index (χ3n) is 3.69. The molecule has 2 aliphatic rings. The maximum Gasteiger partial charge on any atom is 0.168 e. The fourth-order valence-electron chi connectivity index (χ4n) is 2.88. The zero-order valence-corrected chi connectivity index (χ0v) is 10.6. The Morgan fingerprint density at radius 1 is 1.38 bits per heavy atom. The van der Waals surface area contributed by atoms with Crippen LogP contribution in [0.5, 0.6) is 0 Å². The maximum atomic E-state index is 12.2. The van der Waals surface area contributed by atoms with Crippen molar-refractivity contribution in [1.29, 1.82) is 0 Å². The lowest BCUT2D eigenvalue weighted by Gasteiger charge is -2.16. The topological polar surface area (TPSA) is 29.1 Å². The Balaban J connectivity index is 1.90. The summed E-state index contributed by atoms with van der Waals surface area (Å²) in [6, 6.07) is 6.40. The summed E-state index contributed by atoms with van der Waals surface area (Å²) in [4.78, 5) is 12.2. The van der Waals surface area contributed by atoms with E-state index < -0.39 is 0 Å². The summed E-state index contributed by atoms with van der Waals surface area (Å²) in [7, 11) is 0. The molecule has 3 rings (SSSR count). The van der Waals surface area contributed by atoms with Crippen LogP contribution in [0.2, 0.25) is 0 Å². The lowest BCUT2D eigenvalue weighted by atomic mass is 9.94. The van der Waals surface area contributed by atoms with Gasteiger partial charge in [-0.05, 0) is 43.5 Å². The number of Topliss-reactive ketones (excluding diaryl/α,β-unsaturated/α-hetero) is 1. The number of hydrogen-bond donors (Lipinski definition) is 1. The van der Waals surface area contributed by atoms with Crippen molar-refractivity contribution in [1.82, 2.24) is 5.32 Å². The molecule has 1 aromatic carbocycles. The molecule has 0 spiro atoms. The second-order valence-electron chi connectivity index (χ2n) is 4.68. The highest BCUT2D eigenvalue weighted by Gasteiger charge is 2.37. The van der Waals surface area contributed by atoms with Crippen LogP contribution in [0.15, 0.2) is 22.7 Å². The Hall–Kier alpha value is -0.670. The summed E-state index contributed by atoms with van der Waals surface area (Å²) in [5, 5.41) is 3.45. The highest BCUT2D eigenvalue weighted by Crippen LogP contribution is 2.33. The average molecular weight is 280 g/mol. The Labute approximate surface area is 104 Å². The molecule has 1 N–H and O–H groups in total. The van der Waals surface area contributed by atoms with E-state index in [9.17, 15) is 4.79 Å². The van der Waals surface area contributed by atoms with Gasteiger partial charge in [0.1, 0.15) is 0 Å². The molecular weight excluding hydrogens is 266 g/mol. The minimum atomic E-state index is 0.173. The van der Waals surface area contributed by atoms with Gasteiger partial charge in [0.2, 0.25) is 0 Å². The van der Waals surface area contributed by atoms with E-state index in [1.54, 1.807) is 0 Å². The van der Waals surface area contributed by atoms with Crippen molar-refractivity contribution in [2.45, 2.75) is 25.3 Å². The lowest BCUT2D eigenvalue weighted by molar-refractivity contribution is 0.0914. The molecular formula is C13H14BrNO. The standard InChI is InChI=1S/C13H14BrNO/c14-9-3-4-10-8(6-9)7-11(13(10)16)12-2-1-5-15-12/h3-4,6,11-12,15H,1-2,5,7H2. The van der Waals surface area contributed by atoms with Crippen molar-refractivity contribution in [2.75, 3.05) is 6.54 Å². The highest BCUT2D eigenvalue weighted by molar-refractivity contribution is 9.10. The molecule has 84 valence electrons. The average Bonchev–Trinajstić information content (AvgIpc) is 2.86. The second kappa shape index (κ2) is 3.97. The van der Waals surface area contributed by atoms with Crippen LogP contribution in [0.1, 0.15) is 28.8 Å². The molecule has 16 heavy (non-hydrogen) atoms. The molecule has 1 aliphatic carbocycles. The molecule has 1 aromatic rings. The van der Waals surface area contributed by atoms with Gasteiger partial charge in [-0.1, -0.05) is 22.0 Å². The van der Waals surface area contributed by atoms with Gasteiger partial charge in [0.05, 0.1) is 0 Å². The molecule has 1 aliphatic heterocycles. The minimum Gasteiger partial charge on any atom is -0.313 e. The molecule has 0 radical (unpaired) electrons. The summed E-state index contributed by atoms with van der Waals surface area (Å²) in [6.45, 7) is 1.06. The van der Waals surface area contributed by atoms with Gasteiger partial charge in [0, 0.05) is 22.0 Å². The first-order chi connectivity index (χ1) is 7.75. The maximum absolute atomic E-state index is 12.2. The zero-order valence-electron chi connectivity index (χ0n) is 9.00. The minimum absolute atomic E-state index is 0.173. The molecule has 2 unspecified atom stereocenters. The van der Waals surface area contributed by atoms with E-state index in [0.717, 1.165) is 29.4 Å². The number of fused-ring (bicyclic) bond motifs is 1. The van der Waals surface area contributed by atoms with Gasteiger partial charge in [-0.2, -0.15) is 0 Å². The highest BCUT2D eigenvalue weighted by atomic mass is 79.9. The van der Waals surface area contributed by atoms with Crippen molar-refractivity contribution in [3.8, 4) is 0 Å². The van der Waals surface area contributed by atoms with Crippen LogP contribution < -0.4 is 5.32 Å². The smallest absolute Gasteiger partial charge is 0.168 e. The summed E-state index contributed by atoms with van der Waals surface area (Å²) in [6.07, 6.45) is 3.26. The van der Waals surface area contributed by atoms with E-state index in [4.69, 9.17) is 0 Å². The number of nitrogens with one attached hydrogen (secondary N) is 1. The number of rotatable bonds is 1. The van der Waals surface area contributed by atoms with Crippen molar-refractivity contribution >= 4 is 21.7 Å². The normalized spacial score (nSPS) is 28.4. The van der Waals surface area contributed by atoms with E-state index >= 15 is 0 Å². The fraction of sp³-hybridized carbons (Fsp3) is 0.462. The summed E-state index contributed by atoms with van der Waals surface area (Å²) in [5.74, 6) is 0.508. The van der Waals surface area contributed by atoms with Crippen molar-refractivity contribution in [2.24, 2.45) is 5.92 Å². The van der Waals surface area contributed by atoms with Crippen molar-refractivity contribution in [3.63, 3.8) is 0 Å². The number of ketones is 1. The Morgan fingerprint density at radius 3 is 3.00 bits per heavy atom. The van der Waals surface area contributed by atoms with Gasteiger partial charge < -0.3 is 5.32 Å². The molecule has 3 heteroatoms. The third-order valence-corrected chi connectivity index (χ3v) is 4.19. The number of benzene rings is 1. The number of carbonyl (C=O) groups excluding carboxylic acids is 1. The largest absolute Gasteiger partial charge is 0.313 e. The van der Waals surface area contributed by atoms with E-state index in [1.807, 2.05) is 12.1 Å². The van der Waals surface area contributed by atoms with Crippen molar-refractivity contribution in [3.05, 3.63) is 33.8 Å². The molecule has 0 bridgehead atoms. The molecule has 0 saturated carbocycles. The van der Waals surface area contributed by atoms with Gasteiger partial charge in [-0.3, -0.25) is 4.79 Å². The van der Waals surface area contributed by atoms with Crippen LogP contribution in [0.3, 0.4) is 0 Å². The third kappa shape index (κ3) is 1.62. The Bertz CT molecular complexity index is 438. The van der Waals surface area contributed by atoms with Crippen molar-refractivity contribution < 1.29 is 4.79 Å². The summed E-state index contributed by atoms with van der Waals surface area (Å²) in [5.41, 5.74) is 2.14. The molecule has 2 nitrogen and oxygen atoms in total. The Morgan fingerprint density at radius 2 is 2.25 bits per heavy atom. The molecule has 2 atom stereocenters. The summed E-state index contributed by atoms with van der Waals surface area (Å²) >= 11 is 3.46.